The number of rotatable bonds is 4. The van der Waals surface area contributed by atoms with Gasteiger partial charge in [0.15, 0.2) is 0 Å². The molecule has 1 fully saturated rings. The predicted octanol–water partition coefficient (Wildman–Crippen LogP) is 1.93. The Hall–Kier alpha value is -1.10. The van der Waals surface area contributed by atoms with Crippen LogP contribution in [0.4, 0.5) is 0 Å². The lowest BCUT2D eigenvalue weighted by Crippen LogP contribution is -2.36. The summed E-state index contributed by atoms with van der Waals surface area (Å²) in [5.41, 5.74) is 5.25. The van der Waals surface area contributed by atoms with Crippen LogP contribution >= 0.6 is 0 Å². The van der Waals surface area contributed by atoms with E-state index in [0.717, 1.165) is 24.3 Å². The Balaban J connectivity index is 2.34. The van der Waals surface area contributed by atoms with E-state index in [4.69, 9.17) is 15.3 Å². The first-order valence-electron chi connectivity index (χ1n) is 6.39. The van der Waals surface area contributed by atoms with Crippen molar-refractivity contribution in [2.75, 3.05) is 13.7 Å². The molecule has 18 heavy (non-hydrogen) atoms. The second kappa shape index (κ2) is 5.69. The molecule has 3 unspecified atom stereocenters. The lowest BCUT2D eigenvalue weighted by atomic mass is 9.87. The normalized spacial score (nSPS) is 25.1. The minimum Gasteiger partial charge on any atom is -0.496 e. The Labute approximate surface area is 108 Å². The van der Waals surface area contributed by atoms with Crippen LogP contribution in [-0.4, -0.2) is 19.8 Å². The highest BCUT2D eigenvalue weighted by Crippen LogP contribution is 2.37. The third-order valence-corrected chi connectivity index (χ3v) is 3.76. The fourth-order valence-corrected chi connectivity index (χ4v) is 2.73. The van der Waals surface area contributed by atoms with Crippen molar-refractivity contribution in [3.63, 3.8) is 0 Å². The SMILES string of the molecule is COc1ccc(C)cc1C(NN)C1CCOC1C. The van der Waals surface area contributed by atoms with Crippen LogP contribution < -0.4 is 16.0 Å². The maximum Gasteiger partial charge on any atom is 0.123 e. The monoisotopic (exact) mass is 250 g/mol. The molecule has 1 aliphatic heterocycles. The molecular weight excluding hydrogens is 228 g/mol. The zero-order valence-electron chi connectivity index (χ0n) is 11.3. The van der Waals surface area contributed by atoms with E-state index in [1.165, 1.54) is 5.56 Å². The molecule has 2 rings (SSSR count). The quantitative estimate of drug-likeness (QED) is 0.633. The largest absolute Gasteiger partial charge is 0.496 e. The van der Waals surface area contributed by atoms with E-state index in [2.05, 4.69) is 25.3 Å². The van der Waals surface area contributed by atoms with E-state index in [1.54, 1.807) is 7.11 Å². The molecule has 4 nitrogen and oxygen atoms in total. The summed E-state index contributed by atoms with van der Waals surface area (Å²) in [4.78, 5) is 0. The van der Waals surface area contributed by atoms with Crippen LogP contribution in [0, 0.1) is 12.8 Å². The van der Waals surface area contributed by atoms with E-state index < -0.39 is 0 Å². The molecule has 0 amide bonds. The summed E-state index contributed by atoms with van der Waals surface area (Å²) < 4.78 is 11.1. The van der Waals surface area contributed by atoms with Gasteiger partial charge in [-0.3, -0.25) is 11.3 Å². The standard InChI is InChI=1S/C14H22N2O2/c1-9-4-5-13(17-3)12(8-9)14(16-15)11-6-7-18-10(11)2/h4-5,8,10-11,14,16H,6-7,15H2,1-3H3. The Bertz CT molecular complexity index is 409. The molecule has 0 aromatic heterocycles. The number of aryl methyl sites for hydroxylation is 1. The van der Waals surface area contributed by atoms with Gasteiger partial charge in [0.05, 0.1) is 19.3 Å². The fourth-order valence-electron chi connectivity index (χ4n) is 2.73. The van der Waals surface area contributed by atoms with E-state index in [9.17, 15) is 0 Å². The molecule has 100 valence electrons. The minimum atomic E-state index is 0.0670. The fraction of sp³-hybridized carbons (Fsp3) is 0.571. The van der Waals surface area contributed by atoms with Crippen LogP contribution in [0.1, 0.15) is 30.5 Å². The van der Waals surface area contributed by atoms with Crippen molar-refractivity contribution in [3.8, 4) is 5.75 Å². The maximum atomic E-state index is 5.76. The number of nitrogens with one attached hydrogen (secondary N) is 1. The lowest BCUT2D eigenvalue weighted by molar-refractivity contribution is 0.0950. The molecule has 0 saturated carbocycles. The van der Waals surface area contributed by atoms with E-state index in [0.29, 0.717) is 5.92 Å². The van der Waals surface area contributed by atoms with Gasteiger partial charge in [-0.2, -0.15) is 0 Å². The molecule has 3 atom stereocenters. The van der Waals surface area contributed by atoms with Crippen LogP contribution in [0.25, 0.3) is 0 Å². The van der Waals surface area contributed by atoms with Gasteiger partial charge in [0, 0.05) is 18.1 Å². The van der Waals surface area contributed by atoms with Gasteiger partial charge in [0.2, 0.25) is 0 Å². The number of hydrazine groups is 1. The highest BCUT2D eigenvalue weighted by Gasteiger charge is 2.33. The van der Waals surface area contributed by atoms with Crippen molar-refractivity contribution in [2.24, 2.45) is 11.8 Å². The smallest absolute Gasteiger partial charge is 0.123 e. The van der Waals surface area contributed by atoms with E-state index in [1.807, 2.05) is 12.1 Å². The average molecular weight is 250 g/mol. The van der Waals surface area contributed by atoms with Gasteiger partial charge >= 0.3 is 0 Å². The van der Waals surface area contributed by atoms with E-state index >= 15 is 0 Å². The van der Waals surface area contributed by atoms with Crippen molar-refractivity contribution in [1.29, 1.82) is 0 Å². The zero-order valence-corrected chi connectivity index (χ0v) is 11.3. The van der Waals surface area contributed by atoms with Crippen LogP contribution in [0.2, 0.25) is 0 Å². The third kappa shape index (κ3) is 2.51. The van der Waals surface area contributed by atoms with Gasteiger partial charge in [-0.05, 0) is 26.3 Å². The van der Waals surface area contributed by atoms with Gasteiger partial charge in [-0.25, -0.2) is 0 Å². The zero-order chi connectivity index (χ0) is 13.1. The highest BCUT2D eigenvalue weighted by molar-refractivity contribution is 5.39. The predicted molar refractivity (Wildman–Crippen MR) is 71.3 cm³/mol. The van der Waals surface area contributed by atoms with Crippen LogP contribution in [-0.2, 0) is 4.74 Å². The average Bonchev–Trinajstić information content (AvgIpc) is 2.77. The van der Waals surface area contributed by atoms with Crippen molar-refractivity contribution in [2.45, 2.75) is 32.4 Å². The summed E-state index contributed by atoms with van der Waals surface area (Å²) in [6, 6.07) is 6.24. The second-order valence-electron chi connectivity index (χ2n) is 4.92. The molecule has 0 aliphatic carbocycles. The molecule has 0 bridgehead atoms. The topological polar surface area (TPSA) is 56.5 Å². The van der Waals surface area contributed by atoms with Crippen LogP contribution in [0.15, 0.2) is 18.2 Å². The number of benzene rings is 1. The molecule has 1 aromatic rings. The highest BCUT2D eigenvalue weighted by atomic mass is 16.5. The number of hydrogen-bond acceptors (Lipinski definition) is 4. The number of hydrogen-bond donors (Lipinski definition) is 2. The first-order valence-corrected chi connectivity index (χ1v) is 6.39. The van der Waals surface area contributed by atoms with Crippen molar-refractivity contribution in [3.05, 3.63) is 29.3 Å². The molecule has 4 heteroatoms. The second-order valence-corrected chi connectivity index (χ2v) is 4.92. The van der Waals surface area contributed by atoms with Crippen molar-refractivity contribution < 1.29 is 9.47 Å². The Morgan fingerprint density at radius 1 is 1.50 bits per heavy atom. The minimum absolute atomic E-state index is 0.0670. The molecule has 1 aliphatic rings. The molecule has 1 heterocycles. The van der Waals surface area contributed by atoms with E-state index in [-0.39, 0.29) is 12.1 Å². The molecule has 3 N–H and O–H groups in total. The van der Waals surface area contributed by atoms with Gasteiger partial charge in [0.25, 0.3) is 0 Å². The molecular formula is C14H22N2O2. The van der Waals surface area contributed by atoms with Gasteiger partial charge in [-0.1, -0.05) is 17.7 Å². The number of nitrogens with two attached hydrogens (primary N) is 1. The van der Waals surface area contributed by atoms with Gasteiger partial charge < -0.3 is 9.47 Å². The van der Waals surface area contributed by atoms with Gasteiger partial charge in [0.1, 0.15) is 5.75 Å². The number of methoxy groups -OCH3 is 1. The first kappa shape index (κ1) is 13.3. The summed E-state index contributed by atoms with van der Waals surface area (Å²) in [5, 5.41) is 0. The maximum absolute atomic E-state index is 5.76. The third-order valence-electron chi connectivity index (χ3n) is 3.76. The van der Waals surface area contributed by atoms with Crippen molar-refractivity contribution >= 4 is 0 Å². The Morgan fingerprint density at radius 3 is 2.83 bits per heavy atom. The summed E-state index contributed by atoms with van der Waals surface area (Å²) >= 11 is 0. The molecule has 1 aromatic carbocycles. The number of ether oxygens (including phenoxy) is 2. The molecule has 0 radical (unpaired) electrons. The molecule has 1 saturated heterocycles. The Morgan fingerprint density at radius 2 is 2.28 bits per heavy atom. The summed E-state index contributed by atoms with van der Waals surface area (Å²) in [7, 11) is 1.69. The van der Waals surface area contributed by atoms with Crippen LogP contribution in [0.5, 0.6) is 5.75 Å². The Kier molecular flexibility index (Phi) is 4.22. The lowest BCUT2D eigenvalue weighted by Gasteiger charge is -2.27. The molecule has 0 spiro atoms. The summed E-state index contributed by atoms with van der Waals surface area (Å²) in [6.45, 7) is 4.98. The van der Waals surface area contributed by atoms with Gasteiger partial charge in [-0.15, -0.1) is 0 Å². The van der Waals surface area contributed by atoms with Crippen LogP contribution in [0.3, 0.4) is 0 Å². The summed E-state index contributed by atoms with van der Waals surface area (Å²) in [6.07, 6.45) is 1.24. The van der Waals surface area contributed by atoms with Crippen molar-refractivity contribution in [1.82, 2.24) is 5.43 Å². The summed E-state index contributed by atoms with van der Waals surface area (Å²) in [5.74, 6) is 7.02. The first-order chi connectivity index (χ1) is 8.67.